The predicted octanol–water partition coefficient (Wildman–Crippen LogP) is 0.555. The Labute approximate surface area is 37.3 Å². The van der Waals surface area contributed by atoms with Crippen molar-refractivity contribution < 1.29 is 5.11 Å². The Balaban J connectivity index is 2.26. The molecule has 0 bridgehead atoms. The minimum absolute atomic E-state index is 0.304. The molecule has 1 fully saturated rings. The van der Waals surface area contributed by atoms with Crippen molar-refractivity contribution in [2.75, 3.05) is 6.61 Å². The smallest absolute Gasteiger partial charge is 0.0499 e. The SMILES string of the molecule is C=C1C[C@H]1CO. The van der Waals surface area contributed by atoms with Crippen LogP contribution < -0.4 is 0 Å². The molecule has 0 radical (unpaired) electrons. The average Bonchev–Trinajstić information content (AvgIpc) is 2.19. The summed E-state index contributed by atoms with van der Waals surface area (Å²) in [6, 6.07) is 0. The molecule has 1 N–H and O–H groups in total. The molecule has 1 aliphatic carbocycles. The first-order chi connectivity index (χ1) is 2.84. The van der Waals surface area contributed by atoms with E-state index in [1.54, 1.807) is 0 Å². The fourth-order valence-electron chi connectivity index (χ4n) is 0.451. The van der Waals surface area contributed by atoms with Gasteiger partial charge in [0.1, 0.15) is 0 Å². The van der Waals surface area contributed by atoms with E-state index in [2.05, 4.69) is 6.58 Å². The minimum Gasteiger partial charge on any atom is -0.396 e. The van der Waals surface area contributed by atoms with E-state index in [1.165, 1.54) is 5.57 Å². The second-order valence-corrected chi connectivity index (χ2v) is 1.74. The minimum atomic E-state index is 0.304. The number of aliphatic hydroxyl groups is 1. The number of hydrogen-bond donors (Lipinski definition) is 1. The highest BCUT2D eigenvalue weighted by atomic mass is 16.3. The van der Waals surface area contributed by atoms with Crippen LogP contribution >= 0.6 is 0 Å². The Kier molecular flexibility index (Phi) is 0.701. The van der Waals surface area contributed by atoms with Crippen LogP contribution in [0.4, 0.5) is 0 Å². The molecule has 0 aromatic heterocycles. The summed E-state index contributed by atoms with van der Waals surface area (Å²) in [7, 11) is 0. The van der Waals surface area contributed by atoms with Gasteiger partial charge < -0.3 is 5.11 Å². The zero-order valence-corrected chi connectivity index (χ0v) is 3.65. The molecule has 0 spiro atoms. The molecule has 1 atom stereocenters. The van der Waals surface area contributed by atoms with Crippen LogP contribution in [0.5, 0.6) is 0 Å². The van der Waals surface area contributed by atoms with Gasteiger partial charge in [-0.25, -0.2) is 0 Å². The summed E-state index contributed by atoms with van der Waals surface area (Å²) in [5.41, 5.74) is 1.21. The van der Waals surface area contributed by atoms with Gasteiger partial charge in [0.2, 0.25) is 0 Å². The lowest BCUT2D eigenvalue weighted by molar-refractivity contribution is 0.281. The number of rotatable bonds is 1. The summed E-state index contributed by atoms with van der Waals surface area (Å²) < 4.78 is 0. The van der Waals surface area contributed by atoms with Gasteiger partial charge in [0.05, 0.1) is 0 Å². The molecule has 1 nitrogen and oxygen atoms in total. The number of aliphatic hydroxyl groups excluding tert-OH is 1. The van der Waals surface area contributed by atoms with Crippen LogP contribution in [0.15, 0.2) is 12.2 Å². The van der Waals surface area contributed by atoms with Gasteiger partial charge in [0, 0.05) is 12.5 Å². The lowest BCUT2D eigenvalue weighted by Crippen LogP contribution is -1.79. The maximum absolute atomic E-state index is 8.32. The van der Waals surface area contributed by atoms with Gasteiger partial charge in [0.25, 0.3) is 0 Å². The molecule has 1 rings (SSSR count). The summed E-state index contributed by atoms with van der Waals surface area (Å²) in [6.07, 6.45) is 1.05. The first kappa shape index (κ1) is 3.88. The van der Waals surface area contributed by atoms with E-state index >= 15 is 0 Å². The molecule has 0 saturated heterocycles. The van der Waals surface area contributed by atoms with Crippen molar-refractivity contribution in [2.45, 2.75) is 6.42 Å². The van der Waals surface area contributed by atoms with Crippen molar-refractivity contribution in [2.24, 2.45) is 5.92 Å². The molecule has 0 amide bonds. The van der Waals surface area contributed by atoms with Gasteiger partial charge in [-0.3, -0.25) is 0 Å². The third-order valence-electron chi connectivity index (χ3n) is 1.15. The van der Waals surface area contributed by atoms with E-state index in [9.17, 15) is 0 Å². The Hall–Kier alpha value is -0.300. The summed E-state index contributed by atoms with van der Waals surface area (Å²) >= 11 is 0. The van der Waals surface area contributed by atoms with E-state index in [0.717, 1.165) is 6.42 Å². The fourth-order valence-corrected chi connectivity index (χ4v) is 0.451. The van der Waals surface area contributed by atoms with E-state index in [-0.39, 0.29) is 0 Å². The summed E-state index contributed by atoms with van der Waals surface area (Å²) in [5, 5.41) is 8.32. The highest BCUT2D eigenvalue weighted by Gasteiger charge is 2.25. The Morgan fingerprint density at radius 2 is 2.50 bits per heavy atom. The molecule has 34 valence electrons. The number of hydrogen-bond acceptors (Lipinski definition) is 1. The van der Waals surface area contributed by atoms with Crippen molar-refractivity contribution in [3.63, 3.8) is 0 Å². The van der Waals surface area contributed by atoms with Crippen LogP contribution in [-0.2, 0) is 0 Å². The Bertz CT molecular complexity index is 76.0. The van der Waals surface area contributed by atoms with Gasteiger partial charge in [-0.1, -0.05) is 12.2 Å². The lowest BCUT2D eigenvalue weighted by atomic mass is 10.4. The first-order valence-electron chi connectivity index (χ1n) is 2.13. The van der Waals surface area contributed by atoms with Crippen molar-refractivity contribution in [1.29, 1.82) is 0 Å². The molecular formula is C5H8O. The largest absolute Gasteiger partial charge is 0.396 e. The third kappa shape index (κ3) is 0.455. The van der Waals surface area contributed by atoms with Gasteiger partial charge in [0.15, 0.2) is 0 Å². The van der Waals surface area contributed by atoms with Gasteiger partial charge in [-0.2, -0.15) is 0 Å². The summed E-state index contributed by atoms with van der Waals surface area (Å²) in [5.74, 6) is 0.463. The maximum Gasteiger partial charge on any atom is 0.0499 e. The predicted molar refractivity (Wildman–Crippen MR) is 24.3 cm³/mol. The molecular weight excluding hydrogens is 76.1 g/mol. The van der Waals surface area contributed by atoms with Crippen LogP contribution in [0.2, 0.25) is 0 Å². The van der Waals surface area contributed by atoms with Crippen LogP contribution in [0.25, 0.3) is 0 Å². The highest BCUT2D eigenvalue weighted by Crippen LogP contribution is 2.34. The Morgan fingerprint density at radius 3 is 2.50 bits per heavy atom. The van der Waals surface area contributed by atoms with Gasteiger partial charge in [-0.15, -0.1) is 0 Å². The lowest BCUT2D eigenvalue weighted by Gasteiger charge is -1.74. The normalized spacial score (nSPS) is 30.8. The van der Waals surface area contributed by atoms with Crippen molar-refractivity contribution in [3.05, 3.63) is 12.2 Å². The van der Waals surface area contributed by atoms with Crippen LogP contribution in [0, 0.1) is 5.92 Å². The molecule has 6 heavy (non-hydrogen) atoms. The molecule has 1 aliphatic rings. The van der Waals surface area contributed by atoms with E-state index in [1.807, 2.05) is 0 Å². The topological polar surface area (TPSA) is 20.2 Å². The van der Waals surface area contributed by atoms with Crippen LogP contribution in [0.1, 0.15) is 6.42 Å². The standard InChI is InChI=1S/C5H8O/c1-4-2-5(4)3-6/h5-6H,1-3H2/t5-/m0/s1. The van der Waals surface area contributed by atoms with Gasteiger partial charge in [-0.05, 0) is 6.42 Å². The van der Waals surface area contributed by atoms with E-state index < -0.39 is 0 Å². The monoisotopic (exact) mass is 84.1 g/mol. The summed E-state index contributed by atoms with van der Waals surface area (Å²) in [4.78, 5) is 0. The molecule has 0 unspecified atom stereocenters. The molecule has 0 aliphatic heterocycles. The molecule has 1 saturated carbocycles. The zero-order valence-electron chi connectivity index (χ0n) is 3.65. The molecule has 0 aromatic carbocycles. The van der Waals surface area contributed by atoms with Crippen molar-refractivity contribution >= 4 is 0 Å². The van der Waals surface area contributed by atoms with Crippen LogP contribution in [-0.4, -0.2) is 11.7 Å². The average molecular weight is 84.1 g/mol. The third-order valence-corrected chi connectivity index (χ3v) is 1.15. The second-order valence-electron chi connectivity index (χ2n) is 1.74. The van der Waals surface area contributed by atoms with E-state index in [0.29, 0.717) is 12.5 Å². The first-order valence-corrected chi connectivity index (χ1v) is 2.13. The molecule has 0 heterocycles. The maximum atomic E-state index is 8.32. The van der Waals surface area contributed by atoms with Crippen molar-refractivity contribution in [3.8, 4) is 0 Å². The molecule has 0 aromatic rings. The molecule has 1 heteroatoms. The Morgan fingerprint density at radius 1 is 2.00 bits per heavy atom. The highest BCUT2D eigenvalue weighted by molar-refractivity contribution is 5.18. The van der Waals surface area contributed by atoms with Crippen molar-refractivity contribution in [1.82, 2.24) is 0 Å². The quantitative estimate of drug-likeness (QED) is 0.460. The van der Waals surface area contributed by atoms with Gasteiger partial charge >= 0.3 is 0 Å². The zero-order chi connectivity index (χ0) is 4.57. The van der Waals surface area contributed by atoms with E-state index in [4.69, 9.17) is 5.11 Å². The fraction of sp³-hybridized carbons (Fsp3) is 0.600. The second kappa shape index (κ2) is 1.09. The summed E-state index contributed by atoms with van der Waals surface area (Å²) in [6.45, 7) is 3.96. The van der Waals surface area contributed by atoms with Crippen LogP contribution in [0.3, 0.4) is 0 Å².